The van der Waals surface area contributed by atoms with E-state index in [9.17, 15) is 9.59 Å². The number of benzene rings is 1. The van der Waals surface area contributed by atoms with Crippen LogP contribution < -0.4 is 10.4 Å². The number of carbonyl (C=O) groups excluding carboxylic acids is 2. The molecule has 2 saturated heterocycles. The number of anilines is 1. The van der Waals surface area contributed by atoms with Crippen LogP contribution in [-0.4, -0.2) is 52.1 Å². The van der Waals surface area contributed by atoms with Gasteiger partial charge in [0.05, 0.1) is 17.4 Å². The second-order valence-electron chi connectivity index (χ2n) is 7.29. The first-order chi connectivity index (χ1) is 14.5. The molecular weight excluding hydrogens is 404 g/mol. The summed E-state index contributed by atoms with van der Waals surface area (Å²) < 4.78 is 0. The first-order valence-corrected chi connectivity index (χ1v) is 10.0. The highest BCUT2D eigenvalue weighted by molar-refractivity contribution is 6.30. The molecule has 154 valence electrons. The summed E-state index contributed by atoms with van der Waals surface area (Å²) in [7, 11) is 0. The van der Waals surface area contributed by atoms with E-state index in [4.69, 9.17) is 16.8 Å². The highest BCUT2D eigenvalue weighted by atomic mass is 35.5. The maximum atomic E-state index is 12.7. The summed E-state index contributed by atoms with van der Waals surface area (Å²) in [6, 6.07) is 13.6. The third-order valence-corrected chi connectivity index (χ3v) is 5.64. The van der Waals surface area contributed by atoms with Gasteiger partial charge in [-0.2, -0.15) is 0 Å². The van der Waals surface area contributed by atoms with E-state index in [0.717, 1.165) is 23.7 Å². The molecule has 2 bridgehead atoms. The molecule has 2 atom stereocenters. The van der Waals surface area contributed by atoms with Crippen LogP contribution in [-0.2, 0) is 9.59 Å². The first-order valence-electron chi connectivity index (χ1n) is 9.63. The lowest BCUT2D eigenvalue weighted by molar-refractivity contribution is -0.127. The standard InChI is InChI=1S/C22H21ClN4O3/c23-15-4-8-18(9-5-15)26-13-20-12-19(26)14-27(20)22(29)11-7-17-3-1-2-16(24-17)6-10-21(28)25-30/h1-11,19-20,30H,12-14H2,(H,25,28)/b10-6+,11-7+/t19-,20-/m0/s1. The van der Waals surface area contributed by atoms with Gasteiger partial charge in [0.15, 0.2) is 0 Å². The quantitative estimate of drug-likeness (QED) is 0.438. The Labute approximate surface area is 179 Å². The topological polar surface area (TPSA) is 85.8 Å². The number of aromatic nitrogens is 1. The number of halogens is 1. The highest BCUT2D eigenvalue weighted by Crippen LogP contribution is 2.35. The maximum absolute atomic E-state index is 12.7. The fourth-order valence-corrected chi connectivity index (χ4v) is 4.12. The molecule has 0 saturated carbocycles. The lowest BCUT2D eigenvalue weighted by atomic mass is 10.2. The van der Waals surface area contributed by atoms with Crippen molar-refractivity contribution in [3.05, 3.63) is 71.0 Å². The summed E-state index contributed by atoms with van der Waals surface area (Å²) in [5.74, 6) is -0.662. The van der Waals surface area contributed by atoms with E-state index in [1.54, 1.807) is 30.4 Å². The Kier molecular flexibility index (Phi) is 5.83. The van der Waals surface area contributed by atoms with Crippen LogP contribution in [0.1, 0.15) is 17.8 Å². The number of hydrogen-bond donors (Lipinski definition) is 2. The van der Waals surface area contributed by atoms with E-state index in [-0.39, 0.29) is 11.9 Å². The summed E-state index contributed by atoms with van der Waals surface area (Å²) in [6.45, 7) is 1.51. The summed E-state index contributed by atoms with van der Waals surface area (Å²) in [5, 5.41) is 9.24. The molecule has 0 radical (unpaired) electrons. The van der Waals surface area contributed by atoms with Crippen molar-refractivity contribution in [1.29, 1.82) is 0 Å². The Balaban J connectivity index is 1.38. The van der Waals surface area contributed by atoms with Gasteiger partial charge in [0.25, 0.3) is 5.91 Å². The molecule has 2 amide bonds. The van der Waals surface area contributed by atoms with Gasteiger partial charge in [0.1, 0.15) is 0 Å². The summed E-state index contributed by atoms with van der Waals surface area (Å²) in [5.41, 5.74) is 3.82. The van der Waals surface area contributed by atoms with Crippen molar-refractivity contribution in [1.82, 2.24) is 15.4 Å². The van der Waals surface area contributed by atoms with E-state index in [2.05, 4.69) is 9.88 Å². The van der Waals surface area contributed by atoms with Gasteiger partial charge >= 0.3 is 0 Å². The number of likely N-dealkylation sites (tertiary alicyclic amines) is 1. The summed E-state index contributed by atoms with van der Waals surface area (Å²) in [6.07, 6.45) is 6.84. The highest BCUT2D eigenvalue weighted by Gasteiger charge is 2.44. The van der Waals surface area contributed by atoms with E-state index in [1.165, 1.54) is 17.6 Å². The van der Waals surface area contributed by atoms with Gasteiger partial charge in [0.2, 0.25) is 5.91 Å². The van der Waals surface area contributed by atoms with Crippen LogP contribution >= 0.6 is 11.6 Å². The number of nitrogens with zero attached hydrogens (tertiary/aromatic N) is 3. The third-order valence-electron chi connectivity index (χ3n) is 5.39. The fourth-order valence-electron chi connectivity index (χ4n) is 3.99. The summed E-state index contributed by atoms with van der Waals surface area (Å²) in [4.78, 5) is 32.4. The zero-order chi connectivity index (χ0) is 21.1. The largest absolute Gasteiger partial charge is 0.365 e. The van der Waals surface area contributed by atoms with Gasteiger partial charge in [-0.3, -0.25) is 14.8 Å². The Morgan fingerprint density at radius 3 is 2.37 bits per heavy atom. The number of hydrogen-bond acceptors (Lipinski definition) is 5. The number of piperazine rings is 1. The predicted molar refractivity (Wildman–Crippen MR) is 115 cm³/mol. The number of nitrogens with one attached hydrogen (secondary N) is 1. The second-order valence-corrected chi connectivity index (χ2v) is 7.73. The van der Waals surface area contributed by atoms with Crippen LogP contribution in [0.2, 0.25) is 5.02 Å². The minimum Gasteiger partial charge on any atom is -0.365 e. The SMILES string of the molecule is O=C(/C=C/c1cccc(/C=C/C(=O)N2C[C@@H]3C[C@H]2CN3c2ccc(Cl)cc2)n1)NO. The zero-order valence-electron chi connectivity index (χ0n) is 16.1. The third kappa shape index (κ3) is 4.37. The van der Waals surface area contributed by atoms with Crippen molar-refractivity contribution in [2.24, 2.45) is 0 Å². The van der Waals surface area contributed by atoms with Crippen LogP contribution in [0.5, 0.6) is 0 Å². The lowest BCUT2D eigenvalue weighted by Gasteiger charge is -2.35. The number of amides is 2. The predicted octanol–water partition coefficient (Wildman–Crippen LogP) is 2.76. The van der Waals surface area contributed by atoms with E-state index in [1.807, 2.05) is 29.2 Å². The molecule has 2 aliphatic rings. The molecule has 2 aliphatic heterocycles. The Bertz CT molecular complexity index is 1010. The van der Waals surface area contributed by atoms with Crippen molar-refractivity contribution in [3.63, 3.8) is 0 Å². The van der Waals surface area contributed by atoms with Crippen molar-refractivity contribution in [2.45, 2.75) is 18.5 Å². The van der Waals surface area contributed by atoms with Gasteiger partial charge < -0.3 is 9.80 Å². The van der Waals surface area contributed by atoms with Crippen LogP contribution in [0.25, 0.3) is 12.2 Å². The molecule has 1 aromatic heterocycles. The van der Waals surface area contributed by atoms with Crippen molar-refractivity contribution in [3.8, 4) is 0 Å². The van der Waals surface area contributed by atoms with E-state index >= 15 is 0 Å². The maximum Gasteiger partial charge on any atom is 0.267 e. The Morgan fingerprint density at radius 1 is 1.03 bits per heavy atom. The molecule has 1 aromatic carbocycles. The summed E-state index contributed by atoms with van der Waals surface area (Å²) >= 11 is 5.98. The number of hydroxylamine groups is 1. The minimum atomic E-state index is -0.635. The smallest absolute Gasteiger partial charge is 0.267 e. The van der Waals surface area contributed by atoms with Crippen LogP contribution in [0.15, 0.2) is 54.6 Å². The molecule has 4 rings (SSSR count). The molecule has 2 N–H and O–H groups in total. The molecule has 3 heterocycles. The number of pyridine rings is 1. The molecule has 7 nitrogen and oxygen atoms in total. The fraction of sp³-hybridized carbons (Fsp3) is 0.227. The second kappa shape index (κ2) is 8.69. The normalized spacial score (nSPS) is 20.5. The van der Waals surface area contributed by atoms with Gasteiger partial charge in [-0.25, -0.2) is 10.5 Å². The van der Waals surface area contributed by atoms with Crippen molar-refractivity contribution < 1.29 is 14.8 Å². The van der Waals surface area contributed by atoms with Crippen LogP contribution in [0.4, 0.5) is 5.69 Å². The van der Waals surface area contributed by atoms with Crippen molar-refractivity contribution in [2.75, 3.05) is 18.0 Å². The monoisotopic (exact) mass is 424 g/mol. The zero-order valence-corrected chi connectivity index (χ0v) is 16.9. The molecule has 8 heteroatoms. The molecule has 30 heavy (non-hydrogen) atoms. The first kappa shape index (κ1) is 20.1. The molecule has 0 unspecified atom stereocenters. The molecule has 2 aromatic rings. The van der Waals surface area contributed by atoms with Gasteiger partial charge in [0, 0.05) is 42.0 Å². The van der Waals surface area contributed by atoms with Crippen LogP contribution in [0.3, 0.4) is 0 Å². The van der Waals surface area contributed by atoms with Gasteiger partial charge in [-0.15, -0.1) is 0 Å². The minimum absolute atomic E-state index is 0.0272. The molecular formula is C22H21ClN4O3. The molecule has 2 fully saturated rings. The lowest BCUT2D eigenvalue weighted by Crippen LogP contribution is -2.48. The van der Waals surface area contributed by atoms with Gasteiger partial charge in [-0.05, 0) is 55.0 Å². The van der Waals surface area contributed by atoms with Crippen LogP contribution in [0, 0.1) is 0 Å². The van der Waals surface area contributed by atoms with E-state index < -0.39 is 5.91 Å². The number of rotatable bonds is 5. The average Bonchev–Trinajstić information content (AvgIpc) is 3.38. The number of carbonyl (C=O) groups is 2. The van der Waals surface area contributed by atoms with Gasteiger partial charge in [-0.1, -0.05) is 17.7 Å². The number of fused-ring (bicyclic) bond motifs is 2. The van der Waals surface area contributed by atoms with Crippen molar-refractivity contribution >= 4 is 41.3 Å². The van der Waals surface area contributed by atoms with E-state index in [0.29, 0.717) is 24.0 Å². The Morgan fingerprint density at radius 2 is 1.73 bits per heavy atom. The average molecular weight is 425 g/mol. The Hall–Kier alpha value is -3.16. The molecule has 0 aliphatic carbocycles. The molecule has 0 spiro atoms.